The van der Waals surface area contributed by atoms with Gasteiger partial charge >= 0.3 is 0 Å². The van der Waals surface area contributed by atoms with Crippen LogP contribution in [0.3, 0.4) is 0 Å². The number of carbonyl (C=O) groups excluding carboxylic acids is 1. The van der Waals surface area contributed by atoms with Crippen molar-refractivity contribution in [3.8, 4) is 11.5 Å². The molecule has 0 saturated carbocycles. The second-order valence-electron chi connectivity index (χ2n) is 6.13. The minimum Gasteiger partial charge on any atom is -0.454 e. The molecule has 7 nitrogen and oxygen atoms in total. The second-order valence-corrected chi connectivity index (χ2v) is 7.81. The Labute approximate surface area is 166 Å². The van der Waals surface area contributed by atoms with Gasteiger partial charge in [0, 0.05) is 11.8 Å². The van der Waals surface area contributed by atoms with Crippen LogP contribution in [-0.4, -0.2) is 21.1 Å². The number of sulfonamides is 1. The molecule has 0 fully saturated rings. The van der Waals surface area contributed by atoms with Crippen LogP contribution in [0, 0.1) is 5.82 Å². The summed E-state index contributed by atoms with van der Waals surface area (Å²) in [5.41, 5.74) is 0.627. The van der Waals surface area contributed by atoms with E-state index in [1.807, 2.05) is 0 Å². The molecule has 148 valence electrons. The van der Waals surface area contributed by atoms with Gasteiger partial charge in [0.15, 0.2) is 11.5 Å². The Morgan fingerprint density at radius 1 is 0.931 bits per heavy atom. The first-order chi connectivity index (χ1) is 13.9. The molecule has 0 bridgehead atoms. The highest BCUT2D eigenvalue weighted by molar-refractivity contribution is 7.92. The van der Waals surface area contributed by atoms with Crippen LogP contribution in [0.2, 0.25) is 0 Å². The Morgan fingerprint density at radius 3 is 2.55 bits per heavy atom. The molecule has 0 atom stereocenters. The highest BCUT2D eigenvalue weighted by Gasteiger charge is 2.20. The molecule has 1 aliphatic rings. The lowest BCUT2D eigenvalue weighted by molar-refractivity contribution is 0.102. The molecule has 0 unspecified atom stereocenters. The molecule has 4 rings (SSSR count). The number of carbonyl (C=O) groups is 1. The lowest BCUT2D eigenvalue weighted by Gasteiger charge is -2.13. The topological polar surface area (TPSA) is 93.7 Å². The summed E-state index contributed by atoms with van der Waals surface area (Å²) in [7, 11) is -4.08. The first-order valence-electron chi connectivity index (χ1n) is 8.51. The predicted molar refractivity (Wildman–Crippen MR) is 104 cm³/mol. The molecule has 3 aromatic rings. The fourth-order valence-electron chi connectivity index (χ4n) is 2.78. The Hall–Kier alpha value is -3.59. The van der Waals surface area contributed by atoms with Crippen LogP contribution in [0.5, 0.6) is 11.5 Å². The lowest BCUT2D eigenvalue weighted by Crippen LogP contribution is -2.18. The third kappa shape index (κ3) is 3.99. The van der Waals surface area contributed by atoms with Crippen LogP contribution in [-0.2, 0) is 10.0 Å². The number of anilines is 2. The van der Waals surface area contributed by atoms with Crippen LogP contribution in [0.15, 0.2) is 71.6 Å². The molecule has 0 spiro atoms. The predicted octanol–water partition coefficient (Wildman–Crippen LogP) is 3.61. The van der Waals surface area contributed by atoms with Crippen LogP contribution in [0.25, 0.3) is 0 Å². The smallest absolute Gasteiger partial charge is 0.262 e. The number of amides is 1. The standard InChI is InChI=1S/C20H15FN2O5S/c21-13-4-3-5-15(10-13)29(25,26)23-17-7-2-1-6-16(17)20(24)22-14-8-9-18-19(11-14)28-12-27-18/h1-11,23H,12H2,(H,22,24). The molecule has 1 heterocycles. The minimum atomic E-state index is -4.08. The summed E-state index contributed by atoms with van der Waals surface area (Å²) in [4.78, 5) is 12.5. The average Bonchev–Trinajstić information content (AvgIpc) is 3.16. The molecule has 29 heavy (non-hydrogen) atoms. The van der Waals surface area contributed by atoms with Crippen molar-refractivity contribution in [2.45, 2.75) is 4.90 Å². The van der Waals surface area contributed by atoms with Gasteiger partial charge in [-0.3, -0.25) is 9.52 Å². The van der Waals surface area contributed by atoms with Crippen molar-refractivity contribution in [2.24, 2.45) is 0 Å². The molecule has 0 radical (unpaired) electrons. The molecule has 1 amide bonds. The zero-order valence-corrected chi connectivity index (χ0v) is 15.7. The van der Waals surface area contributed by atoms with E-state index in [0.29, 0.717) is 17.2 Å². The Bertz CT molecular complexity index is 1200. The first kappa shape index (κ1) is 18.8. The lowest BCUT2D eigenvalue weighted by atomic mass is 10.1. The number of hydrogen-bond donors (Lipinski definition) is 2. The van der Waals surface area contributed by atoms with Gasteiger partial charge in [0.25, 0.3) is 15.9 Å². The van der Waals surface area contributed by atoms with E-state index in [1.165, 1.54) is 24.3 Å². The third-order valence-electron chi connectivity index (χ3n) is 4.15. The normalized spacial score (nSPS) is 12.4. The fraction of sp³-hybridized carbons (Fsp3) is 0.0500. The van der Waals surface area contributed by atoms with Crippen molar-refractivity contribution in [3.05, 3.63) is 78.1 Å². The molecule has 0 aliphatic carbocycles. The molecular weight excluding hydrogens is 399 g/mol. The summed E-state index contributed by atoms with van der Waals surface area (Å²) in [5.74, 6) is -0.128. The quantitative estimate of drug-likeness (QED) is 0.665. The highest BCUT2D eigenvalue weighted by atomic mass is 32.2. The van der Waals surface area contributed by atoms with Gasteiger partial charge in [0.1, 0.15) is 5.82 Å². The van der Waals surface area contributed by atoms with E-state index in [0.717, 1.165) is 12.1 Å². The Balaban J connectivity index is 1.59. The maximum atomic E-state index is 13.4. The number of ether oxygens (including phenoxy) is 2. The highest BCUT2D eigenvalue weighted by Crippen LogP contribution is 2.34. The van der Waals surface area contributed by atoms with E-state index in [-0.39, 0.29) is 22.9 Å². The SMILES string of the molecule is O=C(Nc1ccc2c(c1)OCO2)c1ccccc1NS(=O)(=O)c1cccc(F)c1. The van der Waals surface area contributed by atoms with E-state index in [1.54, 1.807) is 30.3 Å². The average molecular weight is 414 g/mol. The van der Waals surface area contributed by atoms with Gasteiger partial charge in [-0.1, -0.05) is 18.2 Å². The van der Waals surface area contributed by atoms with Gasteiger partial charge in [0.2, 0.25) is 6.79 Å². The summed E-state index contributed by atoms with van der Waals surface area (Å²) in [6, 6.07) is 15.6. The summed E-state index contributed by atoms with van der Waals surface area (Å²) in [6.45, 7) is 0.109. The second kappa shape index (κ2) is 7.44. The third-order valence-corrected chi connectivity index (χ3v) is 5.52. The summed E-state index contributed by atoms with van der Waals surface area (Å²) < 4.78 is 51.4. The molecular formula is C20H15FN2O5S. The Morgan fingerprint density at radius 2 is 1.72 bits per heavy atom. The number of nitrogens with one attached hydrogen (secondary N) is 2. The van der Waals surface area contributed by atoms with Crippen molar-refractivity contribution in [1.29, 1.82) is 0 Å². The molecule has 2 N–H and O–H groups in total. The van der Waals surface area contributed by atoms with Crippen LogP contribution >= 0.6 is 0 Å². The molecule has 0 saturated heterocycles. The zero-order valence-electron chi connectivity index (χ0n) is 14.9. The van der Waals surface area contributed by atoms with Gasteiger partial charge in [-0.2, -0.15) is 0 Å². The number of halogens is 1. The number of fused-ring (bicyclic) bond motifs is 1. The van der Waals surface area contributed by atoms with Crippen molar-refractivity contribution in [1.82, 2.24) is 0 Å². The van der Waals surface area contributed by atoms with Gasteiger partial charge in [0.05, 0.1) is 16.1 Å². The van der Waals surface area contributed by atoms with E-state index in [4.69, 9.17) is 9.47 Å². The fourth-order valence-corrected chi connectivity index (χ4v) is 3.89. The van der Waals surface area contributed by atoms with Gasteiger partial charge in [-0.15, -0.1) is 0 Å². The maximum Gasteiger partial charge on any atom is 0.262 e. The minimum absolute atomic E-state index is 0.0648. The van der Waals surface area contributed by atoms with Crippen molar-refractivity contribution in [3.63, 3.8) is 0 Å². The summed E-state index contributed by atoms with van der Waals surface area (Å²) in [5, 5.41) is 2.69. The first-order valence-corrected chi connectivity index (χ1v) is 9.99. The van der Waals surface area contributed by atoms with Gasteiger partial charge in [-0.05, 0) is 42.5 Å². The molecule has 1 aliphatic heterocycles. The summed E-state index contributed by atoms with van der Waals surface area (Å²) in [6.07, 6.45) is 0. The molecule has 9 heteroatoms. The largest absolute Gasteiger partial charge is 0.454 e. The van der Waals surface area contributed by atoms with Crippen LogP contribution in [0.4, 0.5) is 15.8 Å². The van der Waals surface area contributed by atoms with Gasteiger partial charge < -0.3 is 14.8 Å². The van der Waals surface area contributed by atoms with Gasteiger partial charge in [-0.25, -0.2) is 12.8 Å². The number of rotatable bonds is 5. The van der Waals surface area contributed by atoms with Crippen molar-refractivity contribution in [2.75, 3.05) is 16.8 Å². The number of benzene rings is 3. The van der Waals surface area contributed by atoms with Crippen molar-refractivity contribution >= 4 is 27.3 Å². The van der Waals surface area contributed by atoms with E-state index >= 15 is 0 Å². The van der Waals surface area contributed by atoms with E-state index < -0.39 is 21.7 Å². The zero-order chi connectivity index (χ0) is 20.4. The van der Waals surface area contributed by atoms with Crippen LogP contribution < -0.4 is 19.5 Å². The number of para-hydroxylation sites is 1. The summed E-state index contributed by atoms with van der Waals surface area (Å²) >= 11 is 0. The van der Waals surface area contributed by atoms with E-state index in [2.05, 4.69) is 10.0 Å². The van der Waals surface area contributed by atoms with E-state index in [9.17, 15) is 17.6 Å². The maximum absolute atomic E-state index is 13.4. The van der Waals surface area contributed by atoms with Crippen LogP contribution in [0.1, 0.15) is 10.4 Å². The molecule has 0 aromatic heterocycles. The Kier molecular flexibility index (Phi) is 4.81. The number of hydrogen-bond acceptors (Lipinski definition) is 5. The molecule has 3 aromatic carbocycles. The van der Waals surface area contributed by atoms with Crippen molar-refractivity contribution < 1.29 is 27.1 Å². The monoisotopic (exact) mass is 414 g/mol.